The Bertz CT molecular complexity index is 783. The van der Waals surface area contributed by atoms with Gasteiger partial charge in [-0.2, -0.15) is 0 Å². The van der Waals surface area contributed by atoms with Crippen molar-refractivity contribution in [2.45, 2.75) is 142 Å². The van der Waals surface area contributed by atoms with Gasteiger partial charge in [-0.05, 0) is 71.5 Å². The number of carbonyl (C=O) groups excluding carboxylic acids is 1. The van der Waals surface area contributed by atoms with Crippen molar-refractivity contribution in [2.75, 3.05) is 6.54 Å². The van der Waals surface area contributed by atoms with E-state index in [0.717, 1.165) is 13.0 Å². The van der Waals surface area contributed by atoms with Crippen LogP contribution in [0.25, 0.3) is 0 Å². The highest BCUT2D eigenvalue weighted by Crippen LogP contribution is 2.57. The Labute approximate surface area is 211 Å². The lowest BCUT2D eigenvalue weighted by Crippen LogP contribution is -2.53. The van der Waals surface area contributed by atoms with E-state index < -0.39 is 0 Å². The van der Waals surface area contributed by atoms with Crippen molar-refractivity contribution in [1.82, 2.24) is 5.32 Å². The van der Waals surface area contributed by atoms with E-state index in [1.165, 1.54) is 89.0 Å². The molecule has 2 heteroatoms. The Hall–Kier alpha value is -1.31. The van der Waals surface area contributed by atoms with Gasteiger partial charge in [0.1, 0.15) is 0 Å². The third-order valence-electron chi connectivity index (χ3n) is 9.36. The Morgan fingerprint density at radius 3 is 2.35 bits per heavy atom. The second-order valence-electron chi connectivity index (χ2n) is 12.4. The predicted octanol–water partition coefficient (Wildman–Crippen LogP) is 8.86. The molecule has 3 atom stereocenters. The summed E-state index contributed by atoms with van der Waals surface area (Å²) in [7, 11) is 0. The number of hydrogen-bond acceptors (Lipinski definition) is 1. The molecule has 1 amide bonds. The molecular formula is C32H53NO. The third kappa shape index (κ3) is 6.67. The number of amides is 1. The maximum atomic E-state index is 12.7. The van der Waals surface area contributed by atoms with Crippen molar-refractivity contribution in [3.05, 3.63) is 34.9 Å². The van der Waals surface area contributed by atoms with Gasteiger partial charge in [-0.15, -0.1) is 0 Å². The Kier molecular flexibility index (Phi) is 10.1. The summed E-state index contributed by atoms with van der Waals surface area (Å²) in [4.78, 5) is 12.7. The quantitative estimate of drug-likeness (QED) is 0.288. The molecular weight excluding hydrogens is 414 g/mol. The van der Waals surface area contributed by atoms with Gasteiger partial charge in [0.05, 0.1) is 0 Å². The molecule has 34 heavy (non-hydrogen) atoms. The SMILES string of the molecule is CCCCCCCCCCCC(=O)NC[C@]1(C)CCC[C@]2(C)c3ccc(C(C)C)cc3CC[C@H]12. The van der Waals surface area contributed by atoms with Crippen molar-refractivity contribution < 1.29 is 4.79 Å². The van der Waals surface area contributed by atoms with Gasteiger partial charge in [-0.25, -0.2) is 0 Å². The van der Waals surface area contributed by atoms with Crippen molar-refractivity contribution in [3.63, 3.8) is 0 Å². The topological polar surface area (TPSA) is 29.1 Å². The minimum absolute atomic E-state index is 0.204. The number of nitrogens with one attached hydrogen (secondary N) is 1. The van der Waals surface area contributed by atoms with E-state index in [1.54, 1.807) is 11.1 Å². The molecule has 1 fully saturated rings. The van der Waals surface area contributed by atoms with E-state index in [0.29, 0.717) is 18.3 Å². The fraction of sp³-hybridized carbons (Fsp3) is 0.781. The molecule has 0 saturated heterocycles. The summed E-state index contributed by atoms with van der Waals surface area (Å²) in [6.07, 6.45) is 18.7. The van der Waals surface area contributed by atoms with Crippen molar-refractivity contribution in [1.29, 1.82) is 0 Å². The number of benzene rings is 1. The highest BCUT2D eigenvalue weighted by Gasteiger charge is 2.51. The zero-order chi connectivity index (χ0) is 24.6. The number of unbranched alkanes of at least 4 members (excludes halogenated alkanes) is 8. The van der Waals surface area contributed by atoms with Gasteiger partial charge < -0.3 is 5.32 Å². The van der Waals surface area contributed by atoms with E-state index >= 15 is 0 Å². The van der Waals surface area contributed by atoms with E-state index in [2.05, 4.69) is 58.1 Å². The molecule has 2 nitrogen and oxygen atoms in total. The molecule has 192 valence electrons. The summed E-state index contributed by atoms with van der Waals surface area (Å²) in [5.41, 5.74) is 5.11. The molecule has 0 radical (unpaired) electrons. The molecule has 2 aliphatic rings. The largest absolute Gasteiger partial charge is 0.356 e. The summed E-state index contributed by atoms with van der Waals surface area (Å²) >= 11 is 0. The predicted molar refractivity (Wildman–Crippen MR) is 147 cm³/mol. The lowest BCUT2D eigenvalue weighted by Gasteiger charge is -2.55. The standard InChI is InChI=1S/C32H53NO/c1-6-7-8-9-10-11-12-13-14-16-30(34)33-24-31(4)21-15-22-32(5)28-19-17-26(25(2)3)23-27(28)18-20-29(31)32/h17,19,23,25,29H,6-16,18,20-22,24H2,1-5H3,(H,33,34)/t29-,31+,32-/m1/s1. The molecule has 0 spiro atoms. The summed E-state index contributed by atoms with van der Waals surface area (Å²) < 4.78 is 0. The van der Waals surface area contributed by atoms with E-state index in [9.17, 15) is 4.79 Å². The van der Waals surface area contributed by atoms with E-state index in [4.69, 9.17) is 0 Å². The lowest BCUT2D eigenvalue weighted by atomic mass is 9.49. The first-order valence-electron chi connectivity index (χ1n) is 14.7. The van der Waals surface area contributed by atoms with Crippen LogP contribution in [0.1, 0.15) is 147 Å². The molecule has 0 aromatic heterocycles. The first-order chi connectivity index (χ1) is 16.3. The second-order valence-corrected chi connectivity index (χ2v) is 12.4. The molecule has 0 aliphatic heterocycles. The lowest BCUT2D eigenvalue weighted by molar-refractivity contribution is -0.122. The molecule has 0 bridgehead atoms. The van der Waals surface area contributed by atoms with E-state index in [1.807, 2.05) is 0 Å². The summed E-state index contributed by atoms with van der Waals surface area (Å²) in [5.74, 6) is 1.52. The van der Waals surface area contributed by atoms with Gasteiger partial charge >= 0.3 is 0 Å². The van der Waals surface area contributed by atoms with Gasteiger partial charge in [0.2, 0.25) is 5.91 Å². The van der Waals surface area contributed by atoms with Crippen LogP contribution >= 0.6 is 0 Å². The first kappa shape index (κ1) is 27.3. The number of hydrogen-bond donors (Lipinski definition) is 1. The first-order valence-corrected chi connectivity index (χ1v) is 14.7. The summed E-state index contributed by atoms with van der Waals surface area (Å²) in [5, 5.41) is 3.38. The smallest absolute Gasteiger partial charge is 0.220 e. The molecule has 1 aromatic carbocycles. The van der Waals surface area contributed by atoms with Crippen LogP contribution in [0.5, 0.6) is 0 Å². The average molecular weight is 468 g/mol. The fourth-order valence-electron chi connectivity index (χ4n) is 7.20. The maximum Gasteiger partial charge on any atom is 0.220 e. The average Bonchev–Trinajstić information content (AvgIpc) is 2.81. The minimum Gasteiger partial charge on any atom is -0.356 e. The Balaban J connectivity index is 1.47. The number of aryl methyl sites for hydroxylation is 1. The number of fused-ring (bicyclic) bond motifs is 3. The van der Waals surface area contributed by atoms with Crippen molar-refractivity contribution in [3.8, 4) is 0 Å². The molecule has 1 N–H and O–H groups in total. The van der Waals surface area contributed by atoms with Crippen LogP contribution in [-0.2, 0) is 16.6 Å². The van der Waals surface area contributed by atoms with E-state index in [-0.39, 0.29) is 16.7 Å². The summed E-state index contributed by atoms with van der Waals surface area (Å²) in [6.45, 7) is 12.7. The molecule has 0 unspecified atom stereocenters. The van der Waals surface area contributed by atoms with Crippen LogP contribution in [0.2, 0.25) is 0 Å². The monoisotopic (exact) mass is 467 g/mol. The number of rotatable bonds is 13. The van der Waals surface area contributed by atoms with Gasteiger partial charge in [0.25, 0.3) is 0 Å². The van der Waals surface area contributed by atoms with Gasteiger partial charge in [0.15, 0.2) is 0 Å². The van der Waals surface area contributed by atoms with Crippen LogP contribution < -0.4 is 5.32 Å². The zero-order valence-corrected chi connectivity index (χ0v) is 23.1. The highest BCUT2D eigenvalue weighted by atomic mass is 16.1. The summed E-state index contributed by atoms with van der Waals surface area (Å²) in [6, 6.07) is 7.31. The molecule has 1 aromatic rings. The fourth-order valence-corrected chi connectivity index (χ4v) is 7.20. The van der Waals surface area contributed by atoms with Crippen molar-refractivity contribution in [2.24, 2.45) is 11.3 Å². The molecule has 0 heterocycles. The Morgan fingerprint density at radius 2 is 1.68 bits per heavy atom. The van der Waals surface area contributed by atoms with Gasteiger partial charge in [-0.1, -0.05) is 111 Å². The molecule has 3 rings (SSSR count). The third-order valence-corrected chi connectivity index (χ3v) is 9.36. The Morgan fingerprint density at radius 1 is 1.00 bits per heavy atom. The highest BCUT2D eigenvalue weighted by molar-refractivity contribution is 5.75. The van der Waals surface area contributed by atoms with Gasteiger partial charge in [0, 0.05) is 13.0 Å². The van der Waals surface area contributed by atoms with Crippen LogP contribution in [0.3, 0.4) is 0 Å². The molecule has 1 saturated carbocycles. The van der Waals surface area contributed by atoms with Crippen LogP contribution in [0.4, 0.5) is 0 Å². The van der Waals surface area contributed by atoms with Crippen molar-refractivity contribution >= 4 is 5.91 Å². The van der Waals surface area contributed by atoms with Crippen LogP contribution in [0.15, 0.2) is 18.2 Å². The normalized spacial score (nSPS) is 26.2. The number of carbonyl (C=O) groups is 1. The van der Waals surface area contributed by atoms with Crippen LogP contribution in [0, 0.1) is 11.3 Å². The molecule has 2 aliphatic carbocycles. The second kappa shape index (κ2) is 12.6. The van der Waals surface area contributed by atoms with Gasteiger partial charge in [-0.3, -0.25) is 4.79 Å². The zero-order valence-electron chi connectivity index (χ0n) is 23.1. The maximum absolute atomic E-state index is 12.7. The minimum atomic E-state index is 0.204. The van der Waals surface area contributed by atoms with Crippen LogP contribution in [-0.4, -0.2) is 12.5 Å².